The average Bonchev–Trinajstić information content (AvgIpc) is 2.83. The lowest BCUT2D eigenvalue weighted by atomic mass is 10.1. The fraction of sp³-hybridized carbons (Fsp3) is 0.273. The summed E-state index contributed by atoms with van der Waals surface area (Å²) >= 11 is 6.57. The van der Waals surface area contributed by atoms with Crippen LogP contribution < -0.4 is 0 Å². The summed E-state index contributed by atoms with van der Waals surface area (Å²) in [4.78, 5) is 3.01. The third-order valence-corrected chi connectivity index (χ3v) is 5.25. The van der Waals surface area contributed by atoms with Gasteiger partial charge in [-0.15, -0.1) is 11.6 Å². The summed E-state index contributed by atoms with van der Waals surface area (Å²) in [7, 11) is -4.03. The first-order chi connectivity index (χ1) is 9.31. The van der Waals surface area contributed by atoms with E-state index in [2.05, 4.69) is 9.36 Å². The lowest BCUT2D eigenvalue weighted by Gasteiger charge is -2.09. The summed E-state index contributed by atoms with van der Waals surface area (Å²) in [5.41, 5.74) is -0.0842. The molecule has 20 heavy (non-hydrogen) atoms. The molecule has 0 fully saturated rings. The lowest BCUT2D eigenvalue weighted by molar-refractivity contribution is 0.545. The molecule has 1 heterocycles. The molecule has 0 saturated heterocycles. The third kappa shape index (κ3) is 3.13. The molecule has 4 nitrogen and oxygen atoms in total. The average molecular weight is 339 g/mol. The molecule has 1 atom stereocenters. The van der Waals surface area contributed by atoms with E-state index in [4.69, 9.17) is 11.6 Å². The van der Waals surface area contributed by atoms with Crippen LogP contribution in [0.15, 0.2) is 23.4 Å². The first kappa shape index (κ1) is 15.3. The predicted octanol–water partition coefficient (Wildman–Crippen LogP) is 3.09. The minimum atomic E-state index is -4.03. The van der Waals surface area contributed by atoms with Gasteiger partial charge in [0, 0.05) is 5.56 Å². The highest BCUT2D eigenvalue weighted by Crippen LogP contribution is 2.28. The van der Waals surface area contributed by atoms with Crippen molar-refractivity contribution in [2.75, 3.05) is 0 Å². The predicted molar refractivity (Wildman–Crippen MR) is 71.4 cm³/mol. The van der Waals surface area contributed by atoms with Gasteiger partial charge in [-0.1, -0.05) is 0 Å². The molecule has 0 amide bonds. The van der Waals surface area contributed by atoms with Gasteiger partial charge in [0.2, 0.25) is 0 Å². The topological polar surface area (TPSA) is 59.9 Å². The molecule has 2 rings (SSSR count). The Morgan fingerprint density at radius 3 is 2.60 bits per heavy atom. The van der Waals surface area contributed by atoms with E-state index in [9.17, 15) is 17.2 Å². The summed E-state index contributed by atoms with van der Waals surface area (Å²) in [6, 6.07) is 1.46. The first-order valence-corrected chi connectivity index (χ1v) is 8.29. The number of benzene rings is 1. The molecule has 0 aliphatic carbocycles. The van der Waals surface area contributed by atoms with Crippen molar-refractivity contribution >= 4 is 33.0 Å². The van der Waals surface area contributed by atoms with Gasteiger partial charge in [0.25, 0.3) is 0 Å². The quantitative estimate of drug-likeness (QED) is 0.804. The zero-order chi connectivity index (χ0) is 14.9. The van der Waals surface area contributed by atoms with Crippen molar-refractivity contribution in [1.82, 2.24) is 9.36 Å². The van der Waals surface area contributed by atoms with E-state index in [0.29, 0.717) is 6.07 Å². The monoisotopic (exact) mass is 338 g/mol. The zero-order valence-corrected chi connectivity index (χ0v) is 12.6. The molecular weight excluding hydrogens is 330 g/mol. The maximum absolute atomic E-state index is 13.9. The number of sulfone groups is 1. The number of alkyl halides is 1. The van der Waals surface area contributed by atoms with Gasteiger partial charge in [0.15, 0.2) is 9.84 Å². The van der Waals surface area contributed by atoms with Crippen LogP contribution in [0.1, 0.15) is 22.9 Å². The van der Waals surface area contributed by atoms with Crippen LogP contribution in [0.5, 0.6) is 0 Å². The SMILES string of the molecule is CC(Cl)c1cc(F)c(S(=O)(=O)Cc2ncns2)cc1F. The van der Waals surface area contributed by atoms with Gasteiger partial charge in [0.05, 0.1) is 5.38 Å². The highest BCUT2D eigenvalue weighted by Gasteiger charge is 2.24. The molecule has 0 aliphatic rings. The minimum Gasteiger partial charge on any atom is -0.227 e. The number of hydrogen-bond acceptors (Lipinski definition) is 5. The Kier molecular flexibility index (Phi) is 4.36. The van der Waals surface area contributed by atoms with Crippen molar-refractivity contribution in [3.05, 3.63) is 40.7 Å². The molecule has 9 heteroatoms. The van der Waals surface area contributed by atoms with Crippen molar-refractivity contribution in [2.45, 2.75) is 22.9 Å². The molecule has 1 aromatic heterocycles. The molecule has 108 valence electrons. The second kappa shape index (κ2) is 5.71. The fourth-order valence-electron chi connectivity index (χ4n) is 1.59. The van der Waals surface area contributed by atoms with Gasteiger partial charge in [-0.25, -0.2) is 22.2 Å². The van der Waals surface area contributed by atoms with E-state index < -0.39 is 37.5 Å². The Hall–Kier alpha value is -1.12. The summed E-state index contributed by atoms with van der Waals surface area (Å²) in [6.07, 6.45) is 1.20. The molecule has 0 saturated carbocycles. The van der Waals surface area contributed by atoms with Crippen LogP contribution in [0.4, 0.5) is 8.78 Å². The van der Waals surface area contributed by atoms with E-state index in [-0.39, 0.29) is 10.6 Å². The van der Waals surface area contributed by atoms with E-state index >= 15 is 0 Å². The molecule has 0 N–H and O–H groups in total. The molecule has 0 aliphatic heterocycles. The third-order valence-electron chi connectivity index (χ3n) is 2.54. The Morgan fingerprint density at radius 1 is 1.35 bits per heavy atom. The highest BCUT2D eigenvalue weighted by molar-refractivity contribution is 7.90. The summed E-state index contributed by atoms with van der Waals surface area (Å²) < 4.78 is 55.4. The van der Waals surface area contributed by atoms with Crippen molar-refractivity contribution in [3.8, 4) is 0 Å². The Bertz CT molecular complexity index is 718. The summed E-state index contributed by atoms with van der Waals surface area (Å²) in [6.45, 7) is 1.47. The van der Waals surface area contributed by atoms with Gasteiger partial charge in [-0.2, -0.15) is 4.37 Å². The Labute approximate surface area is 123 Å². The molecule has 0 spiro atoms. The van der Waals surface area contributed by atoms with Crippen LogP contribution in [0.25, 0.3) is 0 Å². The lowest BCUT2D eigenvalue weighted by Crippen LogP contribution is -2.09. The summed E-state index contributed by atoms with van der Waals surface area (Å²) in [5, 5.41) is -0.552. The van der Waals surface area contributed by atoms with Crippen molar-refractivity contribution < 1.29 is 17.2 Å². The van der Waals surface area contributed by atoms with Crippen LogP contribution in [-0.4, -0.2) is 17.8 Å². The second-order valence-electron chi connectivity index (χ2n) is 4.01. The Morgan fingerprint density at radius 2 is 2.05 bits per heavy atom. The van der Waals surface area contributed by atoms with Crippen molar-refractivity contribution in [1.29, 1.82) is 0 Å². The largest absolute Gasteiger partial charge is 0.227 e. The van der Waals surface area contributed by atoms with Crippen molar-refractivity contribution in [2.24, 2.45) is 0 Å². The van der Waals surface area contributed by atoms with E-state index in [1.165, 1.54) is 13.3 Å². The maximum Gasteiger partial charge on any atom is 0.187 e. The number of aromatic nitrogens is 2. The van der Waals surface area contributed by atoms with Crippen LogP contribution in [0.2, 0.25) is 0 Å². The second-order valence-corrected chi connectivity index (χ2v) is 7.49. The molecule has 1 aromatic carbocycles. The highest BCUT2D eigenvalue weighted by atomic mass is 35.5. The number of nitrogens with zero attached hydrogens (tertiary/aromatic N) is 2. The number of halogens is 3. The van der Waals surface area contributed by atoms with Gasteiger partial charge in [-0.3, -0.25) is 0 Å². The van der Waals surface area contributed by atoms with Gasteiger partial charge in [0.1, 0.15) is 33.6 Å². The van der Waals surface area contributed by atoms with Gasteiger partial charge < -0.3 is 0 Å². The molecule has 0 radical (unpaired) electrons. The Balaban J connectivity index is 2.45. The number of hydrogen-bond donors (Lipinski definition) is 0. The standard InChI is InChI=1S/C11H9ClF2N2O2S2/c1-6(12)7-2-9(14)10(3-8(7)13)20(17,18)4-11-15-5-16-19-11/h2-3,5-6H,4H2,1H3. The van der Waals surface area contributed by atoms with E-state index in [1.54, 1.807) is 0 Å². The molecular formula is C11H9ClF2N2O2S2. The van der Waals surface area contributed by atoms with E-state index in [0.717, 1.165) is 17.6 Å². The van der Waals surface area contributed by atoms with Gasteiger partial charge in [-0.05, 0) is 30.6 Å². The van der Waals surface area contributed by atoms with Crippen LogP contribution in [0, 0.1) is 11.6 Å². The van der Waals surface area contributed by atoms with Crippen LogP contribution in [-0.2, 0) is 15.6 Å². The summed E-state index contributed by atoms with van der Waals surface area (Å²) in [5.74, 6) is -2.41. The van der Waals surface area contributed by atoms with Gasteiger partial charge >= 0.3 is 0 Å². The smallest absolute Gasteiger partial charge is 0.187 e. The maximum atomic E-state index is 13.9. The number of rotatable bonds is 4. The van der Waals surface area contributed by atoms with Crippen LogP contribution >= 0.6 is 23.1 Å². The fourth-order valence-corrected chi connectivity index (χ4v) is 3.93. The van der Waals surface area contributed by atoms with E-state index in [1.807, 2.05) is 0 Å². The zero-order valence-electron chi connectivity index (χ0n) is 10.2. The minimum absolute atomic E-state index is 0.0842. The van der Waals surface area contributed by atoms with Crippen molar-refractivity contribution in [3.63, 3.8) is 0 Å². The molecule has 0 bridgehead atoms. The molecule has 1 unspecified atom stereocenters. The van der Waals surface area contributed by atoms with Crippen LogP contribution in [0.3, 0.4) is 0 Å². The first-order valence-electron chi connectivity index (χ1n) is 5.42. The normalized spacial score (nSPS) is 13.4. The molecule has 2 aromatic rings.